The molecule has 2 heterocycles. The average molecular weight is 342 g/mol. The second-order valence-electron chi connectivity index (χ2n) is 6.59. The summed E-state index contributed by atoms with van der Waals surface area (Å²) >= 11 is 0. The Morgan fingerprint density at radius 2 is 1.69 bits per heavy atom. The Bertz CT molecular complexity index is 1010. The van der Waals surface area contributed by atoms with E-state index in [0.29, 0.717) is 0 Å². The van der Waals surface area contributed by atoms with E-state index in [2.05, 4.69) is 30.3 Å². The normalized spacial score (nSPS) is 11.1. The Morgan fingerprint density at radius 3 is 2.54 bits per heavy atom. The van der Waals surface area contributed by atoms with Gasteiger partial charge in [-0.15, -0.1) is 0 Å². The summed E-state index contributed by atoms with van der Waals surface area (Å²) in [6, 6.07) is 22.6. The van der Waals surface area contributed by atoms with Crippen LogP contribution < -0.4 is 0 Å². The molecule has 0 radical (unpaired) electrons. The first-order chi connectivity index (χ1) is 12.8. The van der Waals surface area contributed by atoms with Crippen LogP contribution in [0, 0.1) is 0 Å². The molecule has 0 spiro atoms. The predicted molar refractivity (Wildman–Crippen MR) is 106 cm³/mol. The minimum Gasteiger partial charge on any atom is -0.354 e. The minimum absolute atomic E-state index is 0.737. The molecule has 3 nitrogen and oxygen atoms in total. The van der Waals surface area contributed by atoms with Gasteiger partial charge in [-0.05, 0) is 30.5 Å². The summed E-state index contributed by atoms with van der Waals surface area (Å²) in [6.07, 6.45) is 4.58. The Balaban J connectivity index is 1.76. The molecule has 130 valence electrons. The zero-order valence-corrected chi connectivity index (χ0v) is 15.0. The van der Waals surface area contributed by atoms with Crippen LogP contribution >= 0.6 is 0 Å². The predicted octanol–water partition coefficient (Wildman–Crippen LogP) is 6.29. The van der Waals surface area contributed by atoms with Gasteiger partial charge in [0.05, 0.1) is 5.52 Å². The molecule has 0 aliphatic heterocycles. The molecule has 0 aliphatic rings. The van der Waals surface area contributed by atoms with Crippen molar-refractivity contribution in [3.8, 4) is 22.7 Å². The Labute approximate surface area is 153 Å². The molecule has 0 N–H and O–H groups in total. The van der Waals surface area contributed by atoms with Gasteiger partial charge in [0, 0.05) is 17.0 Å². The smallest absolute Gasteiger partial charge is 0.186 e. The molecular formula is C23H22N2O. The molecule has 4 rings (SSSR count). The average Bonchev–Trinajstić information content (AvgIpc) is 3.18. The lowest BCUT2D eigenvalue weighted by molar-refractivity contribution is 0.433. The summed E-state index contributed by atoms with van der Waals surface area (Å²) in [6.45, 7) is 2.22. The zero-order chi connectivity index (χ0) is 17.8. The van der Waals surface area contributed by atoms with Crippen molar-refractivity contribution < 1.29 is 4.52 Å². The van der Waals surface area contributed by atoms with Crippen molar-refractivity contribution in [2.24, 2.45) is 0 Å². The molecule has 0 saturated heterocycles. The third kappa shape index (κ3) is 3.38. The fraction of sp³-hybridized carbons (Fsp3) is 0.217. The van der Waals surface area contributed by atoms with Gasteiger partial charge in [-0.25, -0.2) is 4.98 Å². The van der Waals surface area contributed by atoms with E-state index >= 15 is 0 Å². The SMILES string of the molecule is CCCCCc1cc2ccccc2nc1-c1cc(-c2ccccc2)no1. The fourth-order valence-electron chi connectivity index (χ4n) is 3.26. The summed E-state index contributed by atoms with van der Waals surface area (Å²) in [4.78, 5) is 4.90. The first-order valence-corrected chi connectivity index (χ1v) is 9.26. The number of hydrogen-bond donors (Lipinski definition) is 0. The Hall–Kier alpha value is -2.94. The number of nitrogens with zero attached hydrogens (tertiary/aromatic N) is 2. The van der Waals surface area contributed by atoms with Crippen molar-refractivity contribution in [2.45, 2.75) is 32.6 Å². The van der Waals surface area contributed by atoms with Gasteiger partial charge >= 0.3 is 0 Å². The van der Waals surface area contributed by atoms with E-state index in [1.807, 2.05) is 48.5 Å². The van der Waals surface area contributed by atoms with Crippen LogP contribution in [0.2, 0.25) is 0 Å². The van der Waals surface area contributed by atoms with Crippen LogP contribution in [-0.4, -0.2) is 10.1 Å². The molecule has 2 aromatic heterocycles. The van der Waals surface area contributed by atoms with Crippen LogP contribution in [-0.2, 0) is 6.42 Å². The first-order valence-electron chi connectivity index (χ1n) is 9.26. The number of unbranched alkanes of at least 4 members (excludes halogenated alkanes) is 2. The quantitative estimate of drug-likeness (QED) is 0.387. The van der Waals surface area contributed by atoms with Crippen LogP contribution in [0.25, 0.3) is 33.6 Å². The molecule has 26 heavy (non-hydrogen) atoms. The molecule has 0 unspecified atom stereocenters. The molecule has 0 amide bonds. The second kappa shape index (κ2) is 7.52. The Morgan fingerprint density at radius 1 is 0.885 bits per heavy atom. The highest BCUT2D eigenvalue weighted by Gasteiger charge is 2.15. The molecular weight excluding hydrogens is 320 g/mol. The van der Waals surface area contributed by atoms with Crippen LogP contribution in [0.4, 0.5) is 0 Å². The van der Waals surface area contributed by atoms with E-state index in [4.69, 9.17) is 9.51 Å². The topological polar surface area (TPSA) is 38.9 Å². The Kier molecular flexibility index (Phi) is 4.78. The van der Waals surface area contributed by atoms with Crippen LogP contribution in [0.3, 0.4) is 0 Å². The van der Waals surface area contributed by atoms with Crippen LogP contribution in [0.5, 0.6) is 0 Å². The van der Waals surface area contributed by atoms with Gasteiger partial charge in [0.25, 0.3) is 0 Å². The summed E-state index contributed by atoms with van der Waals surface area (Å²) < 4.78 is 5.69. The largest absolute Gasteiger partial charge is 0.354 e. The highest BCUT2D eigenvalue weighted by molar-refractivity contribution is 5.83. The third-order valence-electron chi connectivity index (χ3n) is 4.67. The van der Waals surface area contributed by atoms with E-state index < -0.39 is 0 Å². The van der Waals surface area contributed by atoms with Crippen molar-refractivity contribution in [1.29, 1.82) is 0 Å². The maximum absolute atomic E-state index is 5.69. The van der Waals surface area contributed by atoms with E-state index in [0.717, 1.165) is 41.1 Å². The lowest BCUT2D eigenvalue weighted by atomic mass is 10.0. The maximum atomic E-state index is 5.69. The number of aryl methyl sites for hydroxylation is 1. The fourth-order valence-corrected chi connectivity index (χ4v) is 3.26. The van der Waals surface area contributed by atoms with Gasteiger partial charge in [-0.2, -0.15) is 0 Å². The van der Waals surface area contributed by atoms with Crippen molar-refractivity contribution >= 4 is 10.9 Å². The highest BCUT2D eigenvalue weighted by atomic mass is 16.5. The number of benzene rings is 2. The second-order valence-corrected chi connectivity index (χ2v) is 6.59. The van der Waals surface area contributed by atoms with E-state index in [9.17, 15) is 0 Å². The van der Waals surface area contributed by atoms with Gasteiger partial charge in [-0.1, -0.05) is 73.5 Å². The molecule has 0 aliphatic carbocycles. The van der Waals surface area contributed by atoms with Gasteiger partial charge in [0.2, 0.25) is 0 Å². The number of aromatic nitrogens is 2. The molecule has 0 atom stereocenters. The van der Waals surface area contributed by atoms with Crippen LogP contribution in [0.1, 0.15) is 31.7 Å². The summed E-state index contributed by atoms with van der Waals surface area (Å²) in [5, 5.41) is 5.44. The van der Waals surface area contributed by atoms with Gasteiger partial charge in [-0.3, -0.25) is 0 Å². The van der Waals surface area contributed by atoms with Gasteiger partial charge in [0.1, 0.15) is 11.4 Å². The van der Waals surface area contributed by atoms with Gasteiger partial charge in [0.15, 0.2) is 5.76 Å². The molecule has 4 aromatic rings. The molecule has 0 bridgehead atoms. The third-order valence-corrected chi connectivity index (χ3v) is 4.67. The van der Waals surface area contributed by atoms with Crippen LogP contribution in [0.15, 0.2) is 71.3 Å². The summed E-state index contributed by atoms with van der Waals surface area (Å²) in [5.41, 5.74) is 5.02. The highest BCUT2D eigenvalue weighted by Crippen LogP contribution is 2.30. The monoisotopic (exact) mass is 342 g/mol. The van der Waals surface area contributed by atoms with Crippen molar-refractivity contribution in [2.75, 3.05) is 0 Å². The lowest BCUT2D eigenvalue weighted by Crippen LogP contribution is -1.94. The number of hydrogen-bond acceptors (Lipinski definition) is 3. The molecule has 3 heteroatoms. The number of rotatable bonds is 6. The van der Waals surface area contributed by atoms with E-state index in [-0.39, 0.29) is 0 Å². The minimum atomic E-state index is 0.737. The molecule has 2 aromatic carbocycles. The first kappa shape index (κ1) is 16.5. The number of fused-ring (bicyclic) bond motifs is 1. The maximum Gasteiger partial charge on any atom is 0.186 e. The molecule has 0 saturated carbocycles. The zero-order valence-electron chi connectivity index (χ0n) is 15.0. The van der Waals surface area contributed by atoms with Crippen molar-refractivity contribution in [1.82, 2.24) is 10.1 Å². The van der Waals surface area contributed by atoms with E-state index in [1.165, 1.54) is 23.8 Å². The number of para-hydroxylation sites is 1. The number of pyridine rings is 1. The van der Waals surface area contributed by atoms with E-state index in [1.54, 1.807) is 0 Å². The standard InChI is InChI=1S/C23H22N2O/c1-2-3-5-13-19-15-18-12-8-9-14-20(18)24-23(19)22-16-21(25-26-22)17-10-6-4-7-11-17/h4,6-12,14-16H,2-3,5,13H2,1H3. The lowest BCUT2D eigenvalue weighted by Gasteiger charge is -2.08. The summed E-state index contributed by atoms with van der Waals surface area (Å²) in [5.74, 6) is 0.737. The summed E-state index contributed by atoms with van der Waals surface area (Å²) in [7, 11) is 0. The van der Waals surface area contributed by atoms with Crippen molar-refractivity contribution in [3.63, 3.8) is 0 Å². The van der Waals surface area contributed by atoms with Gasteiger partial charge < -0.3 is 4.52 Å². The molecule has 0 fully saturated rings. The van der Waals surface area contributed by atoms with Crippen molar-refractivity contribution in [3.05, 3.63) is 72.3 Å².